The van der Waals surface area contributed by atoms with Gasteiger partial charge in [0.15, 0.2) is 6.61 Å². The molecule has 3 nitrogen and oxygen atoms in total. The maximum Gasteiger partial charge on any atom is 0.441 e. The van der Waals surface area contributed by atoms with Gasteiger partial charge in [0.25, 0.3) is 5.91 Å². The Labute approximate surface area is 113 Å². The number of hydrogen-bond donors (Lipinski definition) is 1. The monoisotopic (exact) mass is 293 g/mol. The van der Waals surface area contributed by atoms with Gasteiger partial charge in [-0.1, -0.05) is 12.1 Å². The van der Waals surface area contributed by atoms with Crippen LogP contribution in [0.2, 0.25) is 0 Å². The number of ether oxygens (including phenoxy) is 1. The molecule has 0 spiro atoms. The van der Waals surface area contributed by atoms with E-state index in [1.165, 1.54) is 0 Å². The largest absolute Gasteiger partial charge is 0.484 e. The molecule has 0 aromatic heterocycles. The molecule has 0 aliphatic rings. The molecule has 106 valence electrons. The lowest BCUT2D eigenvalue weighted by Crippen LogP contribution is -2.31. The predicted molar refractivity (Wildman–Crippen MR) is 68.2 cm³/mol. The second-order valence-electron chi connectivity index (χ2n) is 3.75. The minimum Gasteiger partial charge on any atom is -0.484 e. The third-order valence-electron chi connectivity index (χ3n) is 2.05. The number of alkyl halides is 3. The van der Waals surface area contributed by atoms with E-state index in [0.29, 0.717) is 5.75 Å². The van der Waals surface area contributed by atoms with Crippen LogP contribution in [-0.2, 0) is 4.79 Å². The van der Waals surface area contributed by atoms with Gasteiger partial charge in [-0.25, -0.2) is 0 Å². The minimum absolute atomic E-state index is 0.0415. The summed E-state index contributed by atoms with van der Waals surface area (Å²) in [6.07, 6.45) is 0. The lowest BCUT2D eigenvalue weighted by atomic mass is 10.2. The van der Waals surface area contributed by atoms with Crippen molar-refractivity contribution >= 4 is 17.7 Å². The zero-order valence-electron chi connectivity index (χ0n) is 10.3. The van der Waals surface area contributed by atoms with Crippen LogP contribution in [0.15, 0.2) is 24.3 Å². The van der Waals surface area contributed by atoms with Gasteiger partial charge >= 0.3 is 5.51 Å². The first kappa shape index (κ1) is 15.7. The summed E-state index contributed by atoms with van der Waals surface area (Å²) in [5.41, 5.74) is -3.26. The number of carbonyl (C=O) groups is 1. The molecule has 1 amide bonds. The van der Waals surface area contributed by atoms with Crippen LogP contribution >= 0.6 is 11.8 Å². The molecule has 0 radical (unpaired) electrons. The van der Waals surface area contributed by atoms with Gasteiger partial charge in [-0.15, -0.1) is 0 Å². The number of halogens is 3. The van der Waals surface area contributed by atoms with Crippen molar-refractivity contribution in [2.45, 2.75) is 12.4 Å². The van der Waals surface area contributed by atoms with Crippen LogP contribution in [0.25, 0.3) is 0 Å². The van der Waals surface area contributed by atoms with E-state index in [-0.39, 0.29) is 30.7 Å². The summed E-state index contributed by atoms with van der Waals surface area (Å²) >= 11 is -0.164. The molecule has 0 unspecified atom stereocenters. The van der Waals surface area contributed by atoms with Crippen LogP contribution in [0.1, 0.15) is 5.56 Å². The zero-order valence-corrected chi connectivity index (χ0v) is 11.1. The maximum absolute atomic E-state index is 11.8. The highest BCUT2D eigenvalue weighted by Gasteiger charge is 2.27. The molecule has 1 aromatic carbocycles. The van der Waals surface area contributed by atoms with Crippen molar-refractivity contribution in [1.82, 2.24) is 5.32 Å². The van der Waals surface area contributed by atoms with E-state index in [9.17, 15) is 18.0 Å². The van der Waals surface area contributed by atoms with Crippen molar-refractivity contribution in [3.8, 4) is 5.75 Å². The Morgan fingerprint density at radius 2 is 2.16 bits per heavy atom. The maximum atomic E-state index is 11.8. The molecule has 0 saturated heterocycles. The molecule has 0 saturated carbocycles. The first-order valence-corrected chi connectivity index (χ1v) is 6.52. The number of thioether (sulfide) groups is 1. The van der Waals surface area contributed by atoms with Gasteiger partial charge in [0, 0.05) is 12.3 Å². The fourth-order valence-corrected chi connectivity index (χ4v) is 1.70. The molecule has 1 aromatic rings. The summed E-state index contributed by atoms with van der Waals surface area (Å²) in [6.45, 7) is 1.64. The summed E-state index contributed by atoms with van der Waals surface area (Å²) in [5, 5.41) is 2.36. The first-order valence-electron chi connectivity index (χ1n) is 5.54. The smallest absolute Gasteiger partial charge is 0.441 e. The zero-order chi connectivity index (χ0) is 14.3. The molecule has 1 N–H and O–H groups in total. The van der Waals surface area contributed by atoms with E-state index >= 15 is 0 Å². The Morgan fingerprint density at radius 3 is 2.79 bits per heavy atom. The summed E-state index contributed by atoms with van der Waals surface area (Å²) in [6, 6.07) is 7.16. The van der Waals surface area contributed by atoms with E-state index < -0.39 is 11.4 Å². The van der Waals surface area contributed by atoms with Crippen LogP contribution in [0.4, 0.5) is 13.2 Å². The van der Waals surface area contributed by atoms with Gasteiger partial charge in [-0.05, 0) is 36.4 Å². The Bertz CT molecular complexity index is 424. The summed E-state index contributed by atoms with van der Waals surface area (Å²) in [4.78, 5) is 11.3. The number of rotatable bonds is 6. The third-order valence-corrected chi connectivity index (χ3v) is 2.78. The molecule has 0 atom stereocenters. The minimum atomic E-state index is -4.26. The second kappa shape index (κ2) is 7.28. The summed E-state index contributed by atoms with van der Waals surface area (Å²) in [5.74, 6) is -0.0937. The molecule has 0 fully saturated rings. The van der Waals surface area contributed by atoms with E-state index in [1.807, 2.05) is 13.0 Å². The molecule has 0 bridgehead atoms. The number of benzene rings is 1. The fourth-order valence-electron chi connectivity index (χ4n) is 1.26. The van der Waals surface area contributed by atoms with Gasteiger partial charge in [0.1, 0.15) is 5.75 Å². The number of amides is 1. The van der Waals surface area contributed by atoms with Crippen LogP contribution in [0.3, 0.4) is 0 Å². The molecule has 1 rings (SSSR count). The lowest BCUT2D eigenvalue weighted by molar-refractivity contribution is -0.123. The molecular formula is C12H14F3NO2S. The van der Waals surface area contributed by atoms with Crippen LogP contribution in [0.5, 0.6) is 5.75 Å². The van der Waals surface area contributed by atoms with Crippen molar-refractivity contribution in [1.29, 1.82) is 0 Å². The summed E-state index contributed by atoms with van der Waals surface area (Å²) in [7, 11) is 0. The molecule has 19 heavy (non-hydrogen) atoms. The van der Waals surface area contributed by atoms with Crippen molar-refractivity contribution in [2.24, 2.45) is 0 Å². The number of carbonyl (C=O) groups excluding carboxylic acids is 1. The number of aryl methyl sites for hydroxylation is 1. The quantitative estimate of drug-likeness (QED) is 0.820. The Morgan fingerprint density at radius 1 is 1.42 bits per heavy atom. The van der Waals surface area contributed by atoms with E-state index in [2.05, 4.69) is 5.32 Å². The number of nitrogens with one attached hydrogen (secondary N) is 1. The highest BCUT2D eigenvalue weighted by Crippen LogP contribution is 2.29. The van der Waals surface area contributed by atoms with Crippen molar-refractivity contribution in [2.75, 3.05) is 18.9 Å². The second-order valence-corrected chi connectivity index (χ2v) is 4.91. The highest BCUT2D eigenvalue weighted by atomic mass is 32.2. The van der Waals surface area contributed by atoms with Gasteiger partial charge < -0.3 is 10.1 Å². The molecule has 0 aliphatic carbocycles. The van der Waals surface area contributed by atoms with Crippen molar-refractivity contribution < 1.29 is 22.7 Å². The van der Waals surface area contributed by atoms with Crippen molar-refractivity contribution in [3.05, 3.63) is 29.8 Å². The van der Waals surface area contributed by atoms with Gasteiger partial charge in [-0.3, -0.25) is 4.79 Å². The standard InChI is InChI=1S/C12H14F3NO2S/c1-9-3-2-4-10(7-9)18-8-11(17)16-5-6-19-12(13,14)15/h2-4,7H,5-6,8H2,1H3,(H,16,17). The lowest BCUT2D eigenvalue weighted by Gasteiger charge is -2.08. The van der Waals surface area contributed by atoms with Gasteiger partial charge in [-0.2, -0.15) is 13.2 Å². The number of hydrogen-bond acceptors (Lipinski definition) is 3. The third kappa shape index (κ3) is 7.61. The molecular weight excluding hydrogens is 279 g/mol. The van der Waals surface area contributed by atoms with Gasteiger partial charge in [0.05, 0.1) is 0 Å². The summed E-state index contributed by atoms with van der Waals surface area (Å²) < 4.78 is 40.6. The SMILES string of the molecule is Cc1cccc(OCC(=O)NCCSC(F)(F)F)c1. The van der Waals surface area contributed by atoms with Crippen LogP contribution in [0, 0.1) is 6.92 Å². The van der Waals surface area contributed by atoms with Crippen LogP contribution in [-0.4, -0.2) is 30.3 Å². The molecule has 0 aliphatic heterocycles. The van der Waals surface area contributed by atoms with E-state index in [1.54, 1.807) is 18.2 Å². The first-order chi connectivity index (χ1) is 8.87. The topological polar surface area (TPSA) is 38.3 Å². The van der Waals surface area contributed by atoms with Gasteiger partial charge in [0.2, 0.25) is 0 Å². The Balaban J connectivity index is 2.18. The van der Waals surface area contributed by atoms with E-state index in [4.69, 9.17) is 4.74 Å². The van der Waals surface area contributed by atoms with E-state index in [0.717, 1.165) is 5.56 Å². The molecule has 0 heterocycles. The van der Waals surface area contributed by atoms with Crippen LogP contribution < -0.4 is 10.1 Å². The average molecular weight is 293 g/mol. The Kier molecular flexibility index (Phi) is 6.01. The highest BCUT2D eigenvalue weighted by molar-refractivity contribution is 8.00. The Hall–Kier alpha value is -1.37. The predicted octanol–water partition coefficient (Wildman–Crippen LogP) is 2.74. The normalized spacial score (nSPS) is 11.2. The fraction of sp³-hybridized carbons (Fsp3) is 0.417. The van der Waals surface area contributed by atoms with Crippen molar-refractivity contribution in [3.63, 3.8) is 0 Å². The average Bonchev–Trinajstić information content (AvgIpc) is 2.31. The molecule has 7 heteroatoms.